The van der Waals surface area contributed by atoms with Crippen LogP contribution in [0.1, 0.15) is 19.8 Å². The maximum atomic E-state index is 13.9. The highest BCUT2D eigenvalue weighted by Crippen LogP contribution is 2.27. The van der Waals surface area contributed by atoms with Gasteiger partial charge in [-0.3, -0.25) is 0 Å². The lowest BCUT2D eigenvalue weighted by molar-refractivity contribution is 0.242. The molecule has 1 aliphatic heterocycles. The first-order valence-corrected chi connectivity index (χ1v) is 8.76. The molecule has 8 heteroatoms. The number of halogens is 3. The Morgan fingerprint density at radius 2 is 2.14 bits per heavy atom. The third-order valence-electron chi connectivity index (χ3n) is 3.68. The molecular weight excluding hydrogens is 383 g/mol. The normalized spacial score (nSPS) is 21.6. The maximum absolute atomic E-state index is 13.9. The highest BCUT2D eigenvalue weighted by Gasteiger charge is 2.33. The van der Waals surface area contributed by atoms with Gasteiger partial charge in [0.05, 0.1) is 0 Å². The van der Waals surface area contributed by atoms with E-state index in [1.165, 1.54) is 22.5 Å². The Balaban J connectivity index is 0.00000220. The van der Waals surface area contributed by atoms with Gasteiger partial charge in [-0.1, -0.05) is 15.9 Å². The number of nitrogens with zero attached hydrogens (tertiary/aromatic N) is 1. The van der Waals surface area contributed by atoms with Crippen molar-refractivity contribution in [2.24, 2.45) is 11.7 Å². The largest absolute Gasteiger partial charge is 0.328 e. The molecule has 1 saturated heterocycles. The van der Waals surface area contributed by atoms with Crippen molar-refractivity contribution >= 4 is 38.4 Å². The van der Waals surface area contributed by atoms with E-state index in [1.54, 1.807) is 0 Å². The maximum Gasteiger partial charge on any atom is 0.245 e. The fourth-order valence-corrected chi connectivity index (χ4v) is 4.36. The lowest BCUT2D eigenvalue weighted by atomic mass is 9.93. The van der Waals surface area contributed by atoms with E-state index in [0.29, 0.717) is 17.6 Å². The van der Waals surface area contributed by atoms with Gasteiger partial charge in [0.2, 0.25) is 10.0 Å². The lowest BCUT2D eigenvalue weighted by Crippen LogP contribution is -2.45. The van der Waals surface area contributed by atoms with Crippen LogP contribution in [0, 0.1) is 11.7 Å². The first-order valence-electron chi connectivity index (χ1n) is 6.53. The monoisotopic (exact) mass is 400 g/mol. The minimum absolute atomic E-state index is 0. The van der Waals surface area contributed by atoms with Gasteiger partial charge in [-0.2, -0.15) is 4.31 Å². The van der Waals surface area contributed by atoms with Crippen molar-refractivity contribution in [1.82, 2.24) is 4.31 Å². The number of nitrogens with two attached hydrogens (primary N) is 1. The average molecular weight is 402 g/mol. The van der Waals surface area contributed by atoms with E-state index < -0.39 is 15.8 Å². The Bertz CT molecular complexity index is 598. The van der Waals surface area contributed by atoms with E-state index in [4.69, 9.17) is 5.73 Å². The second kappa shape index (κ2) is 7.37. The summed E-state index contributed by atoms with van der Waals surface area (Å²) in [6.07, 6.45) is 1.66. The summed E-state index contributed by atoms with van der Waals surface area (Å²) >= 11 is 3.12. The van der Waals surface area contributed by atoms with Crippen molar-refractivity contribution in [1.29, 1.82) is 0 Å². The molecule has 21 heavy (non-hydrogen) atoms. The Labute approximate surface area is 139 Å². The van der Waals surface area contributed by atoms with Crippen molar-refractivity contribution in [3.05, 3.63) is 28.5 Å². The first kappa shape index (κ1) is 18.8. The topological polar surface area (TPSA) is 63.4 Å². The van der Waals surface area contributed by atoms with Gasteiger partial charge in [0.15, 0.2) is 0 Å². The smallest absolute Gasteiger partial charge is 0.245 e. The summed E-state index contributed by atoms with van der Waals surface area (Å²) in [5, 5.41) is 0. The van der Waals surface area contributed by atoms with Crippen molar-refractivity contribution in [3.63, 3.8) is 0 Å². The molecule has 0 saturated carbocycles. The summed E-state index contributed by atoms with van der Waals surface area (Å²) in [4.78, 5) is -0.272. The van der Waals surface area contributed by atoms with Gasteiger partial charge in [0.25, 0.3) is 0 Å². The zero-order valence-electron chi connectivity index (χ0n) is 11.6. The van der Waals surface area contributed by atoms with Crippen molar-refractivity contribution in [3.8, 4) is 0 Å². The summed E-state index contributed by atoms with van der Waals surface area (Å²) in [6, 6.07) is 3.93. The zero-order valence-corrected chi connectivity index (χ0v) is 14.8. The molecule has 4 nitrogen and oxygen atoms in total. The molecule has 0 spiro atoms. The average Bonchev–Trinajstić information content (AvgIpc) is 2.38. The minimum Gasteiger partial charge on any atom is -0.328 e. The molecule has 1 aromatic rings. The number of rotatable bonds is 3. The molecule has 2 atom stereocenters. The highest BCUT2D eigenvalue weighted by atomic mass is 79.9. The van der Waals surface area contributed by atoms with Gasteiger partial charge >= 0.3 is 0 Å². The number of sulfonamides is 1. The number of hydrogen-bond acceptors (Lipinski definition) is 3. The molecule has 1 fully saturated rings. The van der Waals surface area contributed by atoms with Crippen LogP contribution in [0.25, 0.3) is 0 Å². The molecule has 1 aliphatic rings. The molecule has 0 aromatic heterocycles. The minimum atomic E-state index is -3.79. The van der Waals surface area contributed by atoms with Gasteiger partial charge in [-0.15, -0.1) is 12.4 Å². The predicted molar refractivity (Wildman–Crippen MR) is 86.5 cm³/mol. The lowest BCUT2D eigenvalue weighted by Gasteiger charge is -2.33. The summed E-state index contributed by atoms with van der Waals surface area (Å²) < 4.78 is 40.8. The van der Waals surface area contributed by atoms with E-state index in [-0.39, 0.29) is 29.3 Å². The first-order chi connectivity index (χ1) is 9.32. The van der Waals surface area contributed by atoms with Gasteiger partial charge in [-0.25, -0.2) is 12.8 Å². The summed E-state index contributed by atoms with van der Waals surface area (Å²) in [5.41, 5.74) is 5.86. The fraction of sp³-hybridized carbons (Fsp3) is 0.538. The van der Waals surface area contributed by atoms with Crippen LogP contribution in [0.15, 0.2) is 27.6 Å². The van der Waals surface area contributed by atoms with Crippen LogP contribution in [0.4, 0.5) is 4.39 Å². The summed E-state index contributed by atoms with van der Waals surface area (Å²) in [7, 11) is -3.79. The van der Waals surface area contributed by atoms with Crippen LogP contribution in [0.3, 0.4) is 0 Å². The summed E-state index contributed by atoms with van der Waals surface area (Å²) in [5.74, 6) is -0.612. The Morgan fingerprint density at radius 1 is 1.48 bits per heavy atom. The molecular formula is C13H19BrClFN2O2S. The molecule has 1 heterocycles. The molecule has 2 unspecified atom stereocenters. The predicted octanol–water partition coefficient (Wildman–Crippen LogP) is 2.76. The molecule has 0 amide bonds. The third kappa shape index (κ3) is 4.16. The molecule has 2 rings (SSSR count). The Morgan fingerprint density at radius 3 is 2.71 bits per heavy atom. The number of hydrogen-bond donors (Lipinski definition) is 1. The van der Waals surface area contributed by atoms with E-state index in [0.717, 1.165) is 12.8 Å². The van der Waals surface area contributed by atoms with E-state index >= 15 is 0 Å². The third-order valence-corrected chi connectivity index (χ3v) is 6.07. The standard InChI is InChI=1S/C13H18BrFN2O2S.ClH/c1-9(16)10-3-2-6-17(8-10)20(18,19)13-5-4-11(14)7-12(13)15;/h4-5,7,9-10H,2-3,6,8,16H2,1H3;1H. The number of benzene rings is 1. The van der Waals surface area contributed by atoms with Crippen LogP contribution in [-0.2, 0) is 10.0 Å². The fourth-order valence-electron chi connectivity index (χ4n) is 2.44. The van der Waals surface area contributed by atoms with Gasteiger partial charge in [0.1, 0.15) is 10.7 Å². The van der Waals surface area contributed by atoms with E-state index in [1.807, 2.05) is 6.92 Å². The second-order valence-corrected chi connectivity index (χ2v) is 8.02. The molecule has 0 aliphatic carbocycles. The van der Waals surface area contributed by atoms with Crippen LogP contribution < -0.4 is 5.73 Å². The van der Waals surface area contributed by atoms with Crippen LogP contribution >= 0.6 is 28.3 Å². The van der Waals surface area contributed by atoms with Crippen molar-refractivity contribution in [2.45, 2.75) is 30.7 Å². The highest BCUT2D eigenvalue weighted by molar-refractivity contribution is 9.10. The van der Waals surface area contributed by atoms with Crippen molar-refractivity contribution in [2.75, 3.05) is 13.1 Å². The van der Waals surface area contributed by atoms with E-state index in [9.17, 15) is 12.8 Å². The van der Waals surface area contributed by atoms with Crippen LogP contribution in [0.2, 0.25) is 0 Å². The molecule has 0 bridgehead atoms. The molecule has 120 valence electrons. The molecule has 2 N–H and O–H groups in total. The van der Waals surface area contributed by atoms with Crippen LogP contribution in [-0.4, -0.2) is 31.9 Å². The second-order valence-electron chi connectivity index (χ2n) is 5.20. The van der Waals surface area contributed by atoms with Gasteiger partial charge in [-0.05, 0) is 43.9 Å². The van der Waals surface area contributed by atoms with Gasteiger partial charge in [0, 0.05) is 23.6 Å². The Kier molecular flexibility index (Phi) is 6.61. The quantitative estimate of drug-likeness (QED) is 0.847. The summed E-state index contributed by atoms with van der Waals surface area (Å²) in [6.45, 7) is 2.65. The zero-order chi connectivity index (χ0) is 14.9. The number of piperidine rings is 1. The van der Waals surface area contributed by atoms with E-state index in [2.05, 4.69) is 15.9 Å². The SMILES string of the molecule is CC(N)C1CCCN(S(=O)(=O)c2ccc(Br)cc2F)C1.Cl. The van der Waals surface area contributed by atoms with Crippen LogP contribution in [0.5, 0.6) is 0 Å². The van der Waals surface area contributed by atoms with Gasteiger partial charge < -0.3 is 5.73 Å². The van der Waals surface area contributed by atoms with Crippen molar-refractivity contribution < 1.29 is 12.8 Å². The Hall–Kier alpha value is -0.210. The molecule has 1 aromatic carbocycles. The molecule has 0 radical (unpaired) electrons.